The molecule has 5 aromatic rings. The van der Waals surface area contributed by atoms with Gasteiger partial charge < -0.3 is 21.1 Å². The topological polar surface area (TPSA) is 144 Å². The number of pyridine rings is 1. The number of nitrogens with two attached hydrogens (primary N) is 1. The lowest BCUT2D eigenvalue weighted by Crippen LogP contribution is -2.28. The summed E-state index contributed by atoms with van der Waals surface area (Å²) in [6, 6.07) is 17.7. The van der Waals surface area contributed by atoms with Crippen LogP contribution in [0.15, 0.2) is 78.4 Å². The summed E-state index contributed by atoms with van der Waals surface area (Å²) in [4.78, 5) is 38.7. The SMILES string of the molecule is COc1cccc(C(=O)Nc2cccc(-c3csc(-c4sc(NC(=O)NCc5cccnc5)nc4N)n3)c2)c1. The Kier molecular flexibility index (Phi) is 7.75. The number of benzene rings is 2. The van der Waals surface area contributed by atoms with Crippen molar-refractivity contribution >= 4 is 51.2 Å². The molecular formula is C27H23N7O3S2. The first-order valence-corrected chi connectivity index (χ1v) is 13.4. The molecule has 3 heterocycles. The van der Waals surface area contributed by atoms with E-state index < -0.39 is 6.03 Å². The first-order chi connectivity index (χ1) is 19.0. The van der Waals surface area contributed by atoms with Crippen molar-refractivity contribution in [1.29, 1.82) is 0 Å². The molecule has 0 aliphatic carbocycles. The molecular weight excluding hydrogens is 534 g/mol. The highest BCUT2D eigenvalue weighted by atomic mass is 32.1. The second-order valence-corrected chi connectivity index (χ2v) is 10.1. The van der Waals surface area contributed by atoms with Crippen molar-refractivity contribution in [2.45, 2.75) is 6.54 Å². The molecule has 3 aromatic heterocycles. The Morgan fingerprint density at radius 1 is 1.03 bits per heavy atom. The fraction of sp³-hybridized carbons (Fsp3) is 0.0741. The highest BCUT2D eigenvalue weighted by Crippen LogP contribution is 2.38. The quantitative estimate of drug-likeness (QED) is 0.197. The highest BCUT2D eigenvalue weighted by Gasteiger charge is 2.17. The van der Waals surface area contributed by atoms with Gasteiger partial charge in [-0.05, 0) is 42.0 Å². The maximum absolute atomic E-state index is 12.7. The lowest BCUT2D eigenvalue weighted by Gasteiger charge is -2.08. The van der Waals surface area contributed by atoms with Crippen molar-refractivity contribution in [2.75, 3.05) is 23.5 Å². The number of amides is 3. The van der Waals surface area contributed by atoms with Crippen LogP contribution in [0.3, 0.4) is 0 Å². The lowest BCUT2D eigenvalue weighted by molar-refractivity contribution is 0.102. The van der Waals surface area contributed by atoms with E-state index in [-0.39, 0.29) is 11.7 Å². The molecule has 0 aliphatic heterocycles. The zero-order valence-corrected chi connectivity index (χ0v) is 22.3. The average molecular weight is 558 g/mol. The van der Waals surface area contributed by atoms with Gasteiger partial charge in [-0.1, -0.05) is 35.6 Å². The molecule has 3 amide bonds. The Labute approximate surface area is 231 Å². The van der Waals surface area contributed by atoms with Crippen LogP contribution in [0.25, 0.3) is 21.1 Å². The predicted molar refractivity (Wildman–Crippen MR) is 154 cm³/mol. The molecule has 0 spiro atoms. The monoisotopic (exact) mass is 557 g/mol. The molecule has 0 saturated heterocycles. The number of aromatic nitrogens is 3. The standard InChI is InChI=1S/C27H23N7O3S2/c1-37-20-9-3-7-18(12-20)24(35)31-19-8-2-6-17(11-19)21-15-38-25(32-21)22-23(28)33-27(39-22)34-26(36)30-14-16-5-4-10-29-13-16/h2-13,15H,14,28H2,1H3,(H,31,35)(H2,30,33,34,36). The van der Waals surface area contributed by atoms with Crippen LogP contribution in [0, 0.1) is 0 Å². The van der Waals surface area contributed by atoms with E-state index in [0.717, 1.165) is 16.8 Å². The van der Waals surface area contributed by atoms with E-state index >= 15 is 0 Å². The van der Waals surface area contributed by atoms with Crippen molar-refractivity contribution in [3.8, 4) is 26.9 Å². The molecule has 196 valence electrons. The van der Waals surface area contributed by atoms with Crippen LogP contribution >= 0.6 is 22.7 Å². The summed E-state index contributed by atoms with van der Waals surface area (Å²) in [6.07, 6.45) is 3.36. The van der Waals surface area contributed by atoms with Gasteiger partial charge in [0, 0.05) is 41.1 Å². The molecule has 0 atom stereocenters. The molecule has 0 fully saturated rings. The third-order valence-corrected chi connectivity index (χ3v) is 7.48. The van der Waals surface area contributed by atoms with Gasteiger partial charge in [-0.2, -0.15) is 0 Å². The molecule has 10 nitrogen and oxygen atoms in total. The second-order valence-electron chi connectivity index (χ2n) is 8.21. The minimum absolute atomic E-state index is 0.244. The Balaban J connectivity index is 1.25. The number of anilines is 3. The minimum Gasteiger partial charge on any atom is -0.497 e. The number of methoxy groups -OCH3 is 1. The van der Waals surface area contributed by atoms with E-state index in [0.29, 0.717) is 38.6 Å². The van der Waals surface area contributed by atoms with E-state index in [1.807, 2.05) is 35.7 Å². The van der Waals surface area contributed by atoms with Crippen LogP contribution in [0.4, 0.5) is 21.4 Å². The van der Waals surface area contributed by atoms with E-state index in [1.54, 1.807) is 49.8 Å². The number of nitrogens with zero attached hydrogens (tertiary/aromatic N) is 3. The number of rotatable bonds is 8. The van der Waals surface area contributed by atoms with Crippen molar-refractivity contribution < 1.29 is 14.3 Å². The number of hydrogen-bond donors (Lipinski definition) is 4. The van der Waals surface area contributed by atoms with Gasteiger partial charge in [0.05, 0.1) is 12.8 Å². The second kappa shape index (κ2) is 11.7. The molecule has 0 bridgehead atoms. The number of ether oxygens (including phenoxy) is 1. The molecule has 39 heavy (non-hydrogen) atoms. The first kappa shape index (κ1) is 25.8. The zero-order valence-electron chi connectivity index (χ0n) is 20.7. The van der Waals surface area contributed by atoms with E-state index in [2.05, 4.69) is 25.9 Å². The van der Waals surface area contributed by atoms with Gasteiger partial charge in [-0.25, -0.2) is 14.8 Å². The van der Waals surface area contributed by atoms with Crippen LogP contribution in [-0.4, -0.2) is 34.0 Å². The molecule has 0 saturated carbocycles. The van der Waals surface area contributed by atoms with Crippen LogP contribution in [-0.2, 0) is 6.54 Å². The Hall–Kier alpha value is -4.81. The fourth-order valence-corrected chi connectivity index (χ4v) is 5.41. The smallest absolute Gasteiger partial charge is 0.321 e. The minimum atomic E-state index is -0.396. The summed E-state index contributed by atoms with van der Waals surface area (Å²) in [7, 11) is 1.56. The van der Waals surface area contributed by atoms with Gasteiger partial charge in [-0.3, -0.25) is 15.1 Å². The third-order valence-electron chi connectivity index (χ3n) is 5.50. The van der Waals surface area contributed by atoms with Crippen LogP contribution in [0.5, 0.6) is 5.75 Å². The van der Waals surface area contributed by atoms with E-state index in [1.165, 1.54) is 22.7 Å². The van der Waals surface area contributed by atoms with Crippen molar-refractivity contribution in [1.82, 2.24) is 20.3 Å². The highest BCUT2D eigenvalue weighted by molar-refractivity contribution is 7.23. The third kappa shape index (κ3) is 6.37. The predicted octanol–water partition coefficient (Wildman–Crippen LogP) is 5.49. The molecule has 0 radical (unpaired) electrons. The number of carbonyl (C=O) groups is 2. The van der Waals surface area contributed by atoms with Crippen LogP contribution in [0.1, 0.15) is 15.9 Å². The molecule has 5 rings (SSSR count). The number of hydrogen-bond acceptors (Lipinski definition) is 9. The summed E-state index contributed by atoms with van der Waals surface area (Å²) in [5.74, 6) is 0.646. The average Bonchev–Trinajstić information content (AvgIpc) is 3.59. The van der Waals surface area contributed by atoms with Crippen molar-refractivity contribution in [2.24, 2.45) is 0 Å². The number of nitrogens with one attached hydrogen (secondary N) is 3. The summed E-state index contributed by atoms with van der Waals surface area (Å²) in [6.45, 7) is 0.336. The van der Waals surface area contributed by atoms with Gasteiger partial charge in [0.25, 0.3) is 5.91 Å². The summed E-state index contributed by atoms with van der Waals surface area (Å²) in [5.41, 5.74) is 9.71. The van der Waals surface area contributed by atoms with Crippen molar-refractivity contribution in [3.05, 3.63) is 89.6 Å². The summed E-state index contributed by atoms with van der Waals surface area (Å²) in [5, 5.41) is 11.3. The first-order valence-electron chi connectivity index (χ1n) is 11.7. The van der Waals surface area contributed by atoms with Gasteiger partial charge in [0.15, 0.2) is 5.13 Å². The van der Waals surface area contributed by atoms with Crippen molar-refractivity contribution in [3.63, 3.8) is 0 Å². The number of carbonyl (C=O) groups excluding carboxylic acids is 2. The zero-order chi connectivity index (χ0) is 27.2. The van der Waals surface area contributed by atoms with E-state index in [9.17, 15) is 9.59 Å². The van der Waals surface area contributed by atoms with E-state index in [4.69, 9.17) is 15.5 Å². The maximum atomic E-state index is 12.7. The summed E-state index contributed by atoms with van der Waals surface area (Å²) < 4.78 is 5.20. The maximum Gasteiger partial charge on any atom is 0.321 e. The molecule has 2 aromatic carbocycles. The molecule has 5 N–H and O–H groups in total. The number of nitrogen functional groups attached to an aromatic ring is 1. The van der Waals surface area contributed by atoms with Gasteiger partial charge in [0.1, 0.15) is 21.5 Å². The van der Waals surface area contributed by atoms with Gasteiger partial charge in [0.2, 0.25) is 0 Å². The van der Waals surface area contributed by atoms with Gasteiger partial charge >= 0.3 is 6.03 Å². The fourth-order valence-electron chi connectivity index (χ4n) is 3.60. The van der Waals surface area contributed by atoms with Crippen LogP contribution in [0.2, 0.25) is 0 Å². The Bertz CT molecular complexity index is 1620. The number of thiazole rings is 2. The Morgan fingerprint density at radius 2 is 1.90 bits per heavy atom. The largest absolute Gasteiger partial charge is 0.497 e. The summed E-state index contributed by atoms with van der Waals surface area (Å²) >= 11 is 2.66. The van der Waals surface area contributed by atoms with Gasteiger partial charge in [-0.15, -0.1) is 11.3 Å². The molecule has 0 aliphatic rings. The Morgan fingerprint density at radius 3 is 2.72 bits per heavy atom. The molecule has 0 unspecified atom stereocenters. The normalized spacial score (nSPS) is 10.6. The molecule has 12 heteroatoms. The lowest BCUT2D eigenvalue weighted by atomic mass is 10.1. The van der Waals surface area contributed by atoms with Crippen LogP contribution < -0.4 is 26.4 Å². The number of urea groups is 1.